The SMILES string of the molecule is CCc1ccc(-c2[nH]c3ccccc3c2NC(=O)NCCC(C)C)cc1. The van der Waals surface area contributed by atoms with E-state index in [1.54, 1.807) is 0 Å². The lowest BCUT2D eigenvalue weighted by atomic mass is 10.1. The second-order valence-corrected chi connectivity index (χ2v) is 7.03. The third-order valence-electron chi connectivity index (χ3n) is 4.60. The molecular formula is C22H27N3O. The lowest BCUT2D eigenvalue weighted by Gasteiger charge is -2.11. The van der Waals surface area contributed by atoms with E-state index in [4.69, 9.17) is 0 Å². The number of carbonyl (C=O) groups is 1. The normalized spacial score (nSPS) is 11.1. The minimum atomic E-state index is -0.165. The Balaban J connectivity index is 1.90. The molecule has 2 amide bonds. The molecule has 3 aromatic rings. The second-order valence-electron chi connectivity index (χ2n) is 7.03. The minimum Gasteiger partial charge on any atom is -0.353 e. The number of H-pyrrole nitrogens is 1. The minimum absolute atomic E-state index is 0.165. The van der Waals surface area contributed by atoms with Gasteiger partial charge in [0.25, 0.3) is 0 Å². The Kier molecular flexibility index (Phi) is 5.61. The maximum atomic E-state index is 12.4. The molecule has 0 saturated heterocycles. The predicted octanol–water partition coefficient (Wildman–Crippen LogP) is 5.56. The van der Waals surface area contributed by atoms with Crippen molar-refractivity contribution in [1.82, 2.24) is 10.3 Å². The Morgan fingerprint density at radius 2 is 1.81 bits per heavy atom. The molecule has 0 unspecified atom stereocenters. The Morgan fingerprint density at radius 1 is 1.08 bits per heavy atom. The van der Waals surface area contributed by atoms with Gasteiger partial charge in [-0.25, -0.2) is 4.79 Å². The number of nitrogens with one attached hydrogen (secondary N) is 3. The van der Waals surface area contributed by atoms with Crippen LogP contribution in [0.1, 0.15) is 32.8 Å². The number of urea groups is 1. The number of benzene rings is 2. The second kappa shape index (κ2) is 8.09. The Morgan fingerprint density at radius 3 is 2.50 bits per heavy atom. The number of aromatic nitrogens is 1. The fourth-order valence-corrected chi connectivity index (χ4v) is 3.03. The summed E-state index contributed by atoms with van der Waals surface area (Å²) in [5, 5.41) is 7.02. The van der Waals surface area contributed by atoms with Crippen LogP contribution in [0.3, 0.4) is 0 Å². The van der Waals surface area contributed by atoms with Crippen LogP contribution in [0.5, 0.6) is 0 Å². The highest BCUT2D eigenvalue weighted by atomic mass is 16.2. The summed E-state index contributed by atoms with van der Waals surface area (Å²) in [6, 6.07) is 16.3. The average Bonchev–Trinajstić information content (AvgIpc) is 3.00. The first-order valence-electron chi connectivity index (χ1n) is 9.33. The number of amides is 2. The first kappa shape index (κ1) is 18.1. The van der Waals surface area contributed by atoms with Crippen LogP contribution < -0.4 is 10.6 Å². The van der Waals surface area contributed by atoms with Gasteiger partial charge in [-0.05, 0) is 30.4 Å². The van der Waals surface area contributed by atoms with Crippen molar-refractivity contribution in [2.45, 2.75) is 33.6 Å². The molecule has 3 N–H and O–H groups in total. The summed E-state index contributed by atoms with van der Waals surface area (Å²) in [6.45, 7) is 7.12. The van der Waals surface area contributed by atoms with E-state index in [2.05, 4.69) is 60.7 Å². The number of aryl methyl sites for hydroxylation is 1. The molecule has 3 rings (SSSR count). The third kappa shape index (κ3) is 4.07. The van der Waals surface area contributed by atoms with Crippen molar-refractivity contribution in [3.05, 3.63) is 54.1 Å². The number of anilines is 1. The van der Waals surface area contributed by atoms with Crippen molar-refractivity contribution < 1.29 is 4.79 Å². The van der Waals surface area contributed by atoms with E-state index in [1.165, 1.54) is 5.56 Å². The Labute approximate surface area is 155 Å². The quantitative estimate of drug-likeness (QED) is 0.536. The van der Waals surface area contributed by atoms with Crippen LogP contribution in [0, 0.1) is 5.92 Å². The molecule has 0 fully saturated rings. The number of hydrogen-bond donors (Lipinski definition) is 3. The summed E-state index contributed by atoms with van der Waals surface area (Å²) in [5.41, 5.74) is 5.14. The number of para-hydroxylation sites is 1. The van der Waals surface area contributed by atoms with Crippen LogP contribution in [0.2, 0.25) is 0 Å². The van der Waals surface area contributed by atoms with Crippen LogP contribution in [-0.4, -0.2) is 17.6 Å². The van der Waals surface area contributed by atoms with E-state index in [9.17, 15) is 4.79 Å². The lowest BCUT2D eigenvalue weighted by Crippen LogP contribution is -2.30. The predicted molar refractivity (Wildman–Crippen MR) is 110 cm³/mol. The topological polar surface area (TPSA) is 56.9 Å². The van der Waals surface area contributed by atoms with Gasteiger partial charge < -0.3 is 15.6 Å². The van der Waals surface area contributed by atoms with E-state index < -0.39 is 0 Å². The molecule has 0 saturated carbocycles. The summed E-state index contributed by atoms with van der Waals surface area (Å²) in [5.74, 6) is 0.566. The molecule has 0 aliphatic rings. The summed E-state index contributed by atoms with van der Waals surface area (Å²) >= 11 is 0. The summed E-state index contributed by atoms with van der Waals surface area (Å²) in [7, 11) is 0. The zero-order chi connectivity index (χ0) is 18.5. The van der Waals surface area contributed by atoms with Gasteiger partial charge >= 0.3 is 6.03 Å². The standard InChI is InChI=1S/C22H27N3O/c1-4-16-9-11-17(12-10-16)20-21(18-7-5-6-8-19(18)24-20)25-22(26)23-14-13-15(2)3/h5-12,15,24H,4,13-14H2,1-3H3,(H2,23,25,26). The molecule has 4 heteroatoms. The molecule has 136 valence electrons. The molecule has 0 atom stereocenters. The van der Waals surface area contributed by atoms with Gasteiger partial charge in [-0.2, -0.15) is 0 Å². The van der Waals surface area contributed by atoms with Crippen molar-refractivity contribution in [2.24, 2.45) is 5.92 Å². The third-order valence-corrected chi connectivity index (χ3v) is 4.60. The number of aromatic amines is 1. The highest BCUT2D eigenvalue weighted by Crippen LogP contribution is 2.35. The first-order valence-corrected chi connectivity index (χ1v) is 9.33. The van der Waals surface area contributed by atoms with Crippen LogP contribution >= 0.6 is 0 Å². The fourth-order valence-electron chi connectivity index (χ4n) is 3.03. The maximum Gasteiger partial charge on any atom is 0.319 e. The van der Waals surface area contributed by atoms with E-state index >= 15 is 0 Å². The van der Waals surface area contributed by atoms with Gasteiger partial charge in [-0.1, -0.05) is 63.2 Å². The summed E-state index contributed by atoms with van der Waals surface area (Å²) in [6.07, 6.45) is 1.98. The summed E-state index contributed by atoms with van der Waals surface area (Å²) in [4.78, 5) is 15.8. The molecule has 0 aliphatic carbocycles. The molecular weight excluding hydrogens is 322 g/mol. The van der Waals surface area contributed by atoms with Crippen LogP contribution in [0.25, 0.3) is 22.2 Å². The molecule has 0 spiro atoms. The fraction of sp³-hybridized carbons (Fsp3) is 0.318. The lowest BCUT2D eigenvalue weighted by molar-refractivity contribution is 0.251. The number of rotatable bonds is 6. The maximum absolute atomic E-state index is 12.4. The number of fused-ring (bicyclic) bond motifs is 1. The number of hydrogen-bond acceptors (Lipinski definition) is 1. The molecule has 0 bridgehead atoms. The van der Waals surface area contributed by atoms with Crippen molar-refractivity contribution in [3.63, 3.8) is 0 Å². The number of carbonyl (C=O) groups excluding carboxylic acids is 1. The average molecular weight is 349 g/mol. The Bertz CT molecular complexity index is 878. The highest BCUT2D eigenvalue weighted by molar-refractivity contribution is 6.07. The largest absolute Gasteiger partial charge is 0.353 e. The van der Waals surface area contributed by atoms with Gasteiger partial charge in [0, 0.05) is 23.0 Å². The van der Waals surface area contributed by atoms with Crippen LogP contribution in [0.4, 0.5) is 10.5 Å². The van der Waals surface area contributed by atoms with Gasteiger partial charge in [-0.15, -0.1) is 0 Å². The van der Waals surface area contributed by atoms with E-state index in [0.29, 0.717) is 12.5 Å². The van der Waals surface area contributed by atoms with Crippen LogP contribution in [0.15, 0.2) is 48.5 Å². The van der Waals surface area contributed by atoms with Gasteiger partial charge in [0.05, 0.1) is 11.4 Å². The van der Waals surface area contributed by atoms with E-state index in [-0.39, 0.29) is 6.03 Å². The first-order chi connectivity index (χ1) is 12.6. The Hall–Kier alpha value is -2.75. The molecule has 1 aromatic heterocycles. The monoisotopic (exact) mass is 349 g/mol. The van der Waals surface area contributed by atoms with Crippen molar-refractivity contribution in [2.75, 3.05) is 11.9 Å². The molecule has 0 radical (unpaired) electrons. The van der Waals surface area contributed by atoms with Crippen LogP contribution in [-0.2, 0) is 6.42 Å². The molecule has 1 heterocycles. The van der Waals surface area contributed by atoms with Gasteiger partial charge in [0.15, 0.2) is 0 Å². The van der Waals surface area contributed by atoms with Crippen molar-refractivity contribution in [1.29, 1.82) is 0 Å². The van der Waals surface area contributed by atoms with Gasteiger partial charge in [0.2, 0.25) is 0 Å². The van der Waals surface area contributed by atoms with Gasteiger partial charge in [0.1, 0.15) is 0 Å². The molecule has 26 heavy (non-hydrogen) atoms. The van der Waals surface area contributed by atoms with Crippen molar-refractivity contribution in [3.8, 4) is 11.3 Å². The van der Waals surface area contributed by atoms with Crippen molar-refractivity contribution >= 4 is 22.6 Å². The molecule has 4 nitrogen and oxygen atoms in total. The van der Waals surface area contributed by atoms with E-state index in [0.717, 1.165) is 40.7 Å². The molecule has 2 aromatic carbocycles. The zero-order valence-electron chi connectivity index (χ0n) is 15.7. The smallest absolute Gasteiger partial charge is 0.319 e. The van der Waals surface area contributed by atoms with Gasteiger partial charge in [-0.3, -0.25) is 0 Å². The zero-order valence-corrected chi connectivity index (χ0v) is 15.7. The van der Waals surface area contributed by atoms with E-state index in [1.807, 2.05) is 24.3 Å². The summed E-state index contributed by atoms with van der Waals surface area (Å²) < 4.78 is 0. The molecule has 0 aliphatic heterocycles. The highest BCUT2D eigenvalue weighted by Gasteiger charge is 2.15.